The topological polar surface area (TPSA) is 12.0 Å². The highest BCUT2D eigenvalue weighted by atomic mass is 32.1. The van der Waals surface area contributed by atoms with E-state index >= 15 is 0 Å². The van der Waals surface area contributed by atoms with Crippen LogP contribution in [0.25, 0.3) is 0 Å². The third-order valence-corrected chi connectivity index (χ3v) is 1.87. The van der Waals surface area contributed by atoms with Gasteiger partial charge in [-0.25, -0.2) is 0 Å². The fourth-order valence-electron chi connectivity index (χ4n) is 0.794. The molecule has 0 aliphatic carbocycles. The zero-order valence-corrected chi connectivity index (χ0v) is 6.69. The van der Waals surface area contributed by atoms with Crippen molar-refractivity contribution in [3.63, 3.8) is 0 Å². The lowest BCUT2D eigenvalue weighted by Crippen LogP contribution is -2.09. The van der Waals surface area contributed by atoms with Crippen molar-refractivity contribution in [1.29, 1.82) is 0 Å². The van der Waals surface area contributed by atoms with Gasteiger partial charge in [0.1, 0.15) is 0 Å². The van der Waals surface area contributed by atoms with Crippen molar-refractivity contribution in [1.82, 2.24) is 5.32 Å². The van der Waals surface area contributed by atoms with Gasteiger partial charge in [-0.3, -0.25) is 0 Å². The van der Waals surface area contributed by atoms with Crippen LogP contribution in [0, 0.1) is 0 Å². The van der Waals surface area contributed by atoms with Crippen LogP contribution in [0.4, 0.5) is 0 Å². The Morgan fingerprint density at radius 1 is 1.30 bits per heavy atom. The van der Waals surface area contributed by atoms with Gasteiger partial charge >= 0.3 is 0 Å². The highest BCUT2D eigenvalue weighted by Crippen LogP contribution is 2.14. The van der Waals surface area contributed by atoms with Crippen molar-refractivity contribution in [2.24, 2.45) is 0 Å². The number of benzene rings is 1. The molecule has 0 heterocycles. The molecule has 0 aromatic heterocycles. The minimum absolute atomic E-state index is 0.0428. The van der Waals surface area contributed by atoms with Gasteiger partial charge in [0.15, 0.2) is 0 Å². The Balaban J connectivity index is 2.75. The van der Waals surface area contributed by atoms with Crippen LogP contribution in [0.3, 0.4) is 0 Å². The van der Waals surface area contributed by atoms with Gasteiger partial charge in [0.05, 0.1) is 5.37 Å². The molecule has 0 bridgehead atoms. The standard InChI is InChI=1S/C8H10NS/c1-9-8(10)7-5-3-2-4-6-7/h2-6,8-9H,1H3. The fourth-order valence-corrected chi connectivity index (χ4v) is 0.952. The summed E-state index contributed by atoms with van der Waals surface area (Å²) in [6, 6.07) is 10.0. The minimum Gasteiger partial charge on any atom is -0.304 e. The molecule has 0 saturated heterocycles. The van der Waals surface area contributed by atoms with Crippen molar-refractivity contribution < 1.29 is 0 Å². The summed E-state index contributed by atoms with van der Waals surface area (Å²) in [5, 5.41) is 3.04. The van der Waals surface area contributed by atoms with Crippen LogP contribution >= 0.6 is 12.6 Å². The number of hydrogen-bond acceptors (Lipinski definition) is 1. The number of nitrogens with one attached hydrogen (secondary N) is 1. The average molecular weight is 152 g/mol. The van der Waals surface area contributed by atoms with Gasteiger partial charge in [-0.1, -0.05) is 43.0 Å². The largest absolute Gasteiger partial charge is 0.304 e. The molecular weight excluding hydrogens is 142 g/mol. The molecule has 1 rings (SSSR count). The highest BCUT2D eigenvalue weighted by molar-refractivity contribution is 7.80. The molecule has 1 aromatic rings. The van der Waals surface area contributed by atoms with Crippen molar-refractivity contribution in [3.8, 4) is 0 Å². The van der Waals surface area contributed by atoms with E-state index in [9.17, 15) is 0 Å². The predicted molar refractivity (Wildman–Crippen MR) is 45.8 cm³/mol. The molecule has 10 heavy (non-hydrogen) atoms. The van der Waals surface area contributed by atoms with Gasteiger partial charge in [0.25, 0.3) is 0 Å². The Morgan fingerprint density at radius 2 is 1.90 bits per heavy atom. The van der Waals surface area contributed by atoms with Crippen LogP contribution < -0.4 is 5.32 Å². The van der Waals surface area contributed by atoms with E-state index in [4.69, 9.17) is 12.6 Å². The second-order valence-corrected chi connectivity index (χ2v) is 2.55. The molecule has 1 radical (unpaired) electrons. The maximum atomic E-state index is 5.09. The van der Waals surface area contributed by atoms with Crippen molar-refractivity contribution in [3.05, 3.63) is 35.9 Å². The second-order valence-electron chi connectivity index (χ2n) is 2.08. The van der Waals surface area contributed by atoms with Gasteiger partial charge in [-0.15, -0.1) is 0 Å². The van der Waals surface area contributed by atoms with Crippen LogP contribution in [0.1, 0.15) is 10.9 Å². The molecule has 0 aliphatic heterocycles. The van der Waals surface area contributed by atoms with Crippen LogP contribution in [0.2, 0.25) is 0 Å². The first-order chi connectivity index (χ1) is 4.84. The van der Waals surface area contributed by atoms with Crippen molar-refractivity contribution in [2.75, 3.05) is 7.05 Å². The fraction of sp³-hybridized carbons (Fsp3) is 0.250. The Morgan fingerprint density at radius 3 is 2.40 bits per heavy atom. The molecule has 1 unspecified atom stereocenters. The zero-order valence-electron chi connectivity index (χ0n) is 5.87. The van der Waals surface area contributed by atoms with E-state index in [0.29, 0.717) is 0 Å². The Hall–Kier alpha value is -0.470. The molecule has 0 spiro atoms. The lowest BCUT2D eigenvalue weighted by Gasteiger charge is -2.06. The van der Waals surface area contributed by atoms with E-state index in [0.717, 1.165) is 5.56 Å². The van der Waals surface area contributed by atoms with Gasteiger partial charge < -0.3 is 5.32 Å². The summed E-state index contributed by atoms with van der Waals surface area (Å²) in [7, 11) is 1.87. The maximum Gasteiger partial charge on any atom is 0.0891 e. The molecule has 0 amide bonds. The predicted octanol–water partition coefficient (Wildman–Crippen LogP) is 2.10. The smallest absolute Gasteiger partial charge is 0.0891 e. The Bertz CT molecular complexity index is 186. The van der Waals surface area contributed by atoms with Crippen molar-refractivity contribution in [2.45, 2.75) is 5.37 Å². The summed E-state index contributed by atoms with van der Waals surface area (Å²) in [4.78, 5) is 0. The molecule has 1 atom stereocenters. The number of rotatable bonds is 2. The number of hydrogen-bond donors (Lipinski definition) is 1. The molecule has 2 heteroatoms. The zero-order chi connectivity index (χ0) is 7.40. The second kappa shape index (κ2) is 3.64. The molecule has 0 saturated carbocycles. The molecule has 53 valence electrons. The third-order valence-electron chi connectivity index (χ3n) is 1.36. The lowest BCUT2D eigenvalue weighted by atomic mass is 10.2. The summed E-state index contributed by atoms with van der Waals surface area (Å²) in [6.45, 7) is 0. The van der Waals surface area contributed by atoms with Crippen LogP contribution in [0.15, 0.2) is 30.3 Å². The van der Waals surface area contributed by atoms with Gasteiger partial charge in [0, 0.05) is 0 Å². The Labute approximate surface area is 66.9 Å². The first kappa shape index (κ1) is 7.63. The SMILES string of the molecule is CNC([S])c1ccccc1. The van der Waals surface area contributed by atoms with E-state index in [2.05, 4.69) is 5.32 Å². The average Bonchev–Trinajstić information content (AvgIpc) is 2.05. The quantitative estimate of drug-likeness (QED) is 0.684. The van der Waals surface area contributed by atoms with Crippen LogP contribution in [-0.2, 0) is 0 Å². The summed E-state index contributed by atoms with van der Waals surface area (Å²) in [5.74, 6) is 0. The monoisotopic (exact) mass is 152 g/mol. The maximum absolute atomic E-state index is 5.09. The normalized spacial score (nSPS) is 13.0. The van der Waals surface area contributed by atoms with E-state index in [1.165, 1.54) is 0 Å². The Kier molecular flexibility index (Phi) is 2.78. The van der Waals surface area contributed by atoms with E-state index in [1.54, 1.807) is 0 Å². The molecule has 1 N–H and O–H groups in total. The summed E-state index contributed by atoms with van der Waals surface area (Å²) in [6.07, 6.45) is 0. The van der Waals surface area contributed by atoms with Gasteiger partial charge in [-0.05, 0) is 12.6 Å². The summed E-state index contributed by atoms with van der Waals surface area (Å²) >= 11 is 5.09. The summed E-state index contributed by atoms with van der Waals surface area (Å²) in [5.41, 5.74) is 1.15. The van der Waals surface area contributed by atoms with Gasteiger partial charge in [-0.2, -0.15) is 0 Å². The van der Waals surface area contributed by atoms with Gasteiger partial charge in [0.2, 0.25) is 0 Å². The lowest BCUT2D eigenvalue weighted by molar-refractivity contribution is 0.800. The molecule has 1 aromatic carbocycles. The highest BCUT2D eigenvalue weighted by Gasteiger charge is 2.00. The minimum atomic E-state index is 0.0428. The third kappa shape index (κ3) is 1.75. The van der Waals surface area contributed by atoms with Crippen LogP contribution in [-0.4, -0.2) is 7.05 Å². The molecule has 1 nitrogen and oxygen atoms in total. The molecular formula is C8H10NS. The first-order valence-electron chi connectivity index (χ1n) is 3.22. The molecule has 0 fully saturated rings. The van der Waals surface area contributed by atoms with E-state index in [-0.39, 0.29) is 5.37 Å². The van der Waals surface area contributed by atoms with E-state index < -0.39 is 0 Å². The molecule has 0 aliphatic rings. The van der Waals surface area contributed by atoms with E-state index in [1.807, 2.05) is 37.4 Å². The van der Waals surface area contributed by atoms with Crippen LogP contribution in [0.5, 0.6) is 0 Å². The summed E-state index contributed by atoms with van der Waals surface area (Å²) < 4.78 is 0. The van der Waals surface area contributed by atoms with Crippen molar-refractivity contribution >= 4 is 12.6 Å². The first-order valence-corrected chi connectivity index (χ1v) is 3.70.